The first kappa shape index (κ1) is 19.0. The summed E-state index contributed by atoms with van der Waals surface area (Å²) in [7, 11) is 0. The van der Waals surface area contributed by atoms with Gasteiger partial charge in [0.2, 0.25) is 0 Å². The molecule has 0 aromatic carbocycles. The lowest BCUT2D eigenvalue weighted by atomic mass is 9.74. The van der Waals surface area contributed by atoms with Crippen molar-refractivity contribution in [2.24, 2.45) is 22.7 Å². The van der Waals surface area contributed by atoms with Crippen LogP contribution in [0.5, 0.6) is 0 Å². The van der Waals surface area contributed by atoms with E-state index in [1.165, 1.54) is 6.42 Å². The van der Waals surface area contributed by atoms with Crippen LogP contribution in [0.15, 0.2) is 0 Å². The molecule has 0 amide bonds. The minimum Gasteiger partial charge on any atom is -0.390 e. The predicted octanol–water partition coefficient (Wildman–Crippen LogP) is 5.66. The van der Waals surface area contributed by atoms with Gasteiger partial charge in [0.1, 0.15) is 0 Å². The molecular weight excluding hydrogens is 232 g/mol. The highest BCUT2D eigenvalue weighted by atomic mass is 16.3. The normalized spacial score (nSPS) is 19.9. The topological polar surface area (TPSA) is 20.2 Å². The van der Waals surface area contributed by atoms with Crippen molar-refractivity contribution < 1.29 is 5.11 Å². The van der Waals surface area contributed by atoms with Gasteiger partial charge in [0, 0.05) is 0 Å². The third-order valence-electron chi connectivity index (χ3n) is 4.08. The molecule has 116 valence electrons. The van der Waals surface area contributed by atoms with Gasteiger partial charge in [-0.05, 0) is 55.3 Å². The summed E-state index contributed by atoms with van der Waals surface area (Å²) >= 11 is 0. The maximum Gasteiger partial charge on any atom is 0.0645 e. The van der Waals surface area contributed by atoms with Gasteiger partial charge in [-0.3, -0.25) is 0 Å². The van der Waals surface area contributed by atoms with Crippen LogP contribution in [-0.4, -0.2) is 10.7 Å². The van der Waals surface area contributed by atoms with Crippen molar-refractivity contribution in [3.8, 4) is 0 Å². The molecule has 0 aromatic heterocycles. The molecule has 19 heavy (non-hydrogen) atoms. The van der Waals surface area contributed by atoms with Crippen molar-refractivity contribution in [3.05, 3.63) is 0 Å². The third-order valence-corrected chi connectivity index (χ3v) is 4.08. The minimum absolute atomic E-state index is 0.292. The summed E-state index contributed by atoms with van der Waals surface area (Å²) in [5.41, 5.74) is 0.155. The fourth-order valence-electron chi connectivity index (χ4n) is 3.07. The molecular formula is C18H38O. The van der Waals surface area contributed by atoms with Gasteiger partial charge in [-0.1, -0.05) is 55.4 Å². The molecule has 0 rings (SSSR count). The van der Waals surface area contributed by atoms with Gasteiger partial charge in [0.05, 0.1) is 5.60 Å². The van der Waals surface area contributed by atoms with Crippen molar-refractivity contribution in [2.75, 3.05) is 0 Å². The smallest absolute Gasteiger partial charge is 0.0645 e. The molecule has 0 fully saturated rings. The fourth-order valence-corrected chi connectivity index (χ4v) is 3.07. The van der Waals surface area contributed by atoms with E-state index in [1.54, 1.807) is 0 Å². The third kappa shape index (κ3) is 9.49. The van der Waals surface area contributed by atoms with Crippen molar-refractivity contribution in [2.45, 2.75) is 93.6 Å². The van der Waals surface area contributed by atoms with Gasteiger partial charge >= 0.3 is 0 Å². The Morgan fingerprint density at radius 2 is 1.21 bits per heavy atom. The Labute approximate surface area is 122 Å². The van der Waals surface area contributed by atoms with E-state index in [9.17, 15) is 5.11 Å². The van der Waals surface area contributed by atoms with Gasteiger partial charge in [-0.15, -0.1) is 0 Å². The molecule has 0 heterocycles. The molecule has 0 spiro atoms. The van der Waals surface area contributed by atoms with Gasteiger partial charge in [0.25, 0.3) is 0 Å². The van der Waals surface area contributed by atoms with Gasteiger partial charge in [-0.2, -0.15) is 0 Å². The first-order valence-electron chi connectivity index (χ1n) is 7.95. The maximum atomic E-state index is 10.7. The Morgan fingerprint density at radius 3 is 1.58 bits per heavy atom. The zero-order valence-electron chi connectivity index (χ0n) is 14.9. The van der Waals surface area contributed by atoms with Crippen LogP contribution in [0.1, 0.15) is 88.0 Å². The summed E-state index contributed by atoms with van der Waals surface area (Å²) in [5, 5.41) is 10.7. The van der Waals surface area contributed by atoms with Crippen molar-refractivity contribution in [1.82, 2.24) is 0 Å². The standard InChI is InChI=1S/C18H38O/c1-14(12-16(3,4)5)10-11-18(9,19)15(2)13-17(6,7)8/h14-15,19H,10-13H2,1-9H3. The molecule has 1 nitrogen and oxygen atoms in total. The van der Waals surface area contributed by atoms with Crippen molar-refractivity contribution >= 4 is 0 Å². The Kier molecular flexibility index (Phi) is 6.59. The SMILES string of the molecule is CC(CCC(C)(O)C(C)CC(C)(C)C)CC(C)(C)C. The zero-order chi connectivity index (χ0) is 15.5. The van der Waals surface area contributed by atoms with Crippen molar-refractivity contribution in [1.29, 1.82) is 0 Å². The van der Waals surface area contributed by atoms with E-state index in [0.29, 0.717) is 22.7 Å². The van der Waals surface area contributed by atoms with Crippen LogP contribution in [0.2, 0.25) is 0 Å². The maximum absolute atomic E-state index is 10.7. The first-order valence-corrected chi connectivity index (χ1v) is 7.95. The van der Waals surface area contributed by atoms with Crippen LogP contribution < -0.4 is 0 Å². The summed E-state index contributed by atoms with van der Waals surface area (Å²) in [6, 6.07) is 0. The minimum atomic E-state index is -0.528. The van der Waals surface area contributed by atoms with Gasteiger partial charge < -0.3 is 5.11 Å². The van der Waals surface area contributed by atoms with E-state index in [2.05, 4.69) is 55.4 Å². The van der Waals surface area contributed by atoms with Gasteiger partial charge in [-0.25, -0.2) is 0 Å². The molecule has 0 radical (unpaired) electrons. The molecule has 0 bridgehead atoms. The van der Waals surface area contributed by atoms with Crippen LogP contribution >= 0.6 is 0 Å². The Morgan fingerprint density at radius 1 is 0.789 bits per heavy atom. The van der Waals surface area contributed by atoms with E-state index in [4.69, 9.17) is 0 Å². The largest absolute Gasteiger partial charge is 0.390 e. The summed E-state index contributed by atoms with van der Waals surface area (Å²) in [6.45, 7) is 20.2. The number of rotatable bonds is 6. The number of aliphatic hydroxyl groups is 1. The zero-order valence-corrected chi connectivity index (χ0v) is 14.9. The molecule has 0 saturated carbocycles. The average Bonchev–Trinajstić information content (AvgIpc) is 2.09. The predicted molar refractivity (Wildman–Crippen MR) is 86.3 cm³/mol. The average molecular weight is 271 g/mol. The van der Waals surface area contributed by atoms with Crippen LogP contribution in [0.25, 0.3) is 0 Å². The van der Waals surface area contributed by atoms with E-state index >= 15 is 0 Å². The molecule has 3 atom stereocenters. The summed E-state index contributed by atoms with van der Waals surface area (Å²) in [6.07, 6.45) is 4.35. The number of hydrogen-bond acceptors (Lipinski definition) is 1. The van der Waals surface area contributed by atoms with E-state index < -0.39 is 5.60 Å². The van der Waals surface area contributed by atoms with Crippen LogP contribution in [0, 0.1) is 22.7 Å². The number of hydrogen-bond donors (Lipinski definition) is 1. The molecule has 0 aliphatic heterocycles. The summed E-state index contributed by atoms with van der Waals surface area (Å²) in [4.78, 5) is 0. The lowest BCUT2D eigenvalue weighted by molar-refractivity contribution is -0.0219. The second-order valence-electron chi connectivity index (χ2n) is 9.43. The quantitative estimate of drug-likeness (QED) is 0.660. The molecule has 0 aliphatic carbocycles. The van der Waals surface area contributed by atoms with Crippen LogP contribution in [0.3, 0.4) is 0 Å². The lowest BCUT2D eigenvalue weighted by Crippen LogP contribution is -2.35. The van der Waals surface area contributed by atoms with Crippen LogP contribution in [-0.2, 0) is 0 Å². The Balaban J connectivity index is 4.30. The highest BCUT2D eigenvalue weighted by Gasteiger charge is 2.31. The van der Waals surface area contributed by atoms with Crippen molar-refractivity contribution in [3.63, 3.8) is 0 Å². The molecule has 1 N–H and O–H groups in total. The van der Waals surface area contributed by atoms with Gasteiger partial charge in [0.15, 0.2) is 0 Å². The molecule has 0 saturated heterocycles. The fraction of sp³-hybridized carbons (Fsp3) is 1.00. The van der Waals surface area contributed by atoms with E-state index in [0.717, 1.165) is 19.3 Å². The second-order valence-corrected chi connectivity index (χ2v) is 9.43. The highest BCUT2D eigenvalue weighted by molar-refractivity contribution is 4.83. The monoisotopic (exact) mass is 270 g/mol. The Bertz CT molecular complexity index is 252. The molecule has 1 heteroatoms. The molecule has 0 aromatic rings. The van der Waals surface area contributed by atoms with Crippen LogP contribution in [0.4, 0.5) is 0 Å². The van der Waals surface area contributed by atoms with E-state index in [-0.39, 0.29) is 0 Å². The first-order chi connectivity index (χ1) is 8.23. The highest BCUT2D eigenvalue weighted by Crippen LogP contribution is 2.35. The summed E-state index contributed by atoms with van der Waals surface area (Å²) < 4.78 is 0. The second kappa shape index (κ2) is 6.61. The van der Waals surface area contributed by atoms with E-state index in [1.807, 2.05) is 6.92 Å². The Hall–Kier alpha value is -0.0400. The lowest BCUT2D eigenvalue weighted by Gasteiger charge is -2.36. The molecule has 0 aliphatic rings. The molecule has 3 unspecified atom stereocenters. The summed E-state index contributed by atoms with van der Waals surface area (Å²) in [5.74, 6) is 1.04.